The number of sulfonamides is 5. The first-order valence-corrected chi connectivity index (χ1v) is 54.5. The highest BCUT2D eigenvalue weighted by molar-refractivity contribution is 8.12. The highest BCUT2D eigenvalue weighted by Crippen LogP contribution is 2.35. The zero-order valence-corrected chi connectivity index (χ0v) is 76.3. The van der Waals surface area contributed by atoms with Crippen molar-refractivity contribution in [2.75, 3.05) is 95.4 Å². The molecule has 0 spiro atoms. The highest BCUT2D eigenvalue weighted by atomic mass is 32.3. The van der Waals surface area contributed by atoms with Crippen molar-refractivity contribution in [2.45, 2.75) is 261 Å². The number of nitrogen functional groups attached to an aromatic ring is 2. The van der Waals surface area contributed by atoms with Crippen molar-refractivity contribution in [1.29, 1.82) is 0 Å². The van der Waals surface area contributed by atoms with Gasteiger partial charge in [0.2, 0.25) is 17.3 Å². The molecule has 0 atom stereocenters. The van der Waals surface area contributed by atoms with Crippen LogP contribution in [0.4, 0.5) is 11.4 Å². The summed E-state index contributed by atoms with van der Waals surface area (Å²) in [7, 11) is -15.0. The third kappa shape index (κ3) is 43.6. The first-order valence-electron chi connectivity index (χ1n) is 41.8. The second-order valence-electron chi connectivity index (χ2n) is 30.9. The van der Waals surface area contributed by atoms with Crippen LogP contribution >= 0.6 is 0 Å². The van der Waals surface area contributed by atoms with Crippen molar-refractivity contribution in [3.8, 4) is 0 Å². The van der Waals surface area contributed by atoms with Crippen LogP contribution in [0.1, 0.15) is 283 Å². The summed E-state index contributed by atoms with van der Waals surface area (Å²) in [5.41, 5.74) is 15.9. The van der Waals surface area contributed by atoms with Gasteiger partial charge in [-0.3, -0.25) is 14.4 Å². The molecule has 4 N–H and O–H groups in total. The maximum absolute atomic E-state index is 12.9. The van der Waals surface area contributed by atoms with Crippen LogP contribution < -0.4 is 16.6 Å². The Kier molecular flexibility index (Phi) is 49.5. The molecule has 5 aromatic carbocycles. The SMILES string of the molecule is CC(C)(C(=O)c1ccc(C2CCCCC2)cc1)[S+]1CCCC1.CCCCCCCCC([O-])=NS(=O)(=O)CCCCN(C)C.CCCCCCCCS(=O)(=O)[N-]S(=O)(=O)c1ccc(N)cc1.CCCCCCCCS(=O)(=O)[N-]S(=O)(=O)c1ccc(N)cc1.O=C(C[S+]1CCCC1)c1ccccc1.O=C(C[S+]1CCCC1)c1ccccc1. The van der Waals surface area contributed by atoms with Crippen molar-refractivity contribution in [1.82, 2.24) is 4.90 Å². The minimum atomic E-state index is -4.20. The van der Waals surface area contributed by atoms with Gasteiger partial charge in [0.05, 0.1) is 25.8 Å². The summed E-state index contributed by atoms with van der Waals surface area (Å²) in [5, 5.41) is 11.5. The number of nitrogens with zero attached hydrogens (tertiary/aromatic N) is 4. The molecule has 4 fully saturated rings. The summed E-state index contributed by atoms with van der Waals surface area (Å²) < 4.78 is 128. The lowest BCUT2D eigenvalue weighted by Crippen LogP contribution is -2.41. The predicted molar refractivity (Wildman–Crippen MR) is 485 cm³/mol. The van der Waals surface area contributed by atoms with Crippen molar-refractivity contribution >= 4 is 117 Å². The molecule has 3 saturated heterocycles. The molecule has 5 aromatic rings. The van der Waals surface area contributed by atoms with Crippen LogP contribution in [0, 0.1) is 0 Å². The number of benzene rings is 5. The molecule has 646 valence electrons. The second kappa shape index (κ2) is 55.6. The second-order valence-corrected chi connectivity index (χ2v) is 47.3. The average molecular weight is 1750 g/mol. The smallest absolute Gasteiger partial charge is 0.252 e. The number of unbranched alkanes of at least 4 members (excludes halogenated alkanes) is 16. The van der Waals surface area contributed by atoms with E-state index < -0.39 is 56.0 Å². The van der Waals surface area contributed by atoms with Crippen LogP contribution in [0.3, 0.4) is 0 Å². The lowest BCUT2D eigenvalue weighted by atomic mass is 9.83. The van der Waals surface area contributed by atoms with Gasteiger partial charge in [0.25, 0.3) is 10.0 Å². The quantitative estimate of drug-likeness (QED) is 0.00914. The first kappa shape index (κ1) is 102. The van der Waals surface area contributed by atoms with E-state index in [-0.39, 0.29) is 49.1 Å². The van der Waals surface area contributed by atoms with Crippen LogP contribution in [-0.4, -0.2) is 159 Å². The summed E-state index contributed by atoms with van der Waals surface area (Å²) in [6, 6.07) is 38.5. The van der Waals surface area contributed by atoms with E-state index in [2.05, 4.69) is 71.5 Å². The fourth-order valence-corrected chi connectivity index (χ4v) is 27.4. The van der Waals surface area contributed by atoms with Crippen molar-refractivity contribution in [3.63, 3.8) is 0 Å². The Hall–Kier alpha value is -5.14. The number of Topliss-reactive ketones (excluding diaryl/α,β-unsaturated/α-hetero) is 3. The van der Waals surface area contributed by atoms with Crippen LogP contribution in [0.5, 0.6) is 0 Å². The van der Waals surface area contributed by atoms with Gasteiger partial charge < -0.3 is 29.7 Å². The third-order valence-corrected chi connectivity index (χ3v) is 36.2. The molecular formula is C87H136N6O14S8. The van der Waals surface area contributed by atoms with E-state index in [9.17, 15) is 61.6 Å². The predicted octanol–water partition coefficient (Wildman–Crippen LogP) is 17.9. The van der Waals surface area contributed by atoms with Gasteiger partial charge in [-0.05, 0) is 212 Å². The Bertz CT molecular complexity index is 3990. The minimum Gasteiger partial charge on any atom is -0.861 e. The lowest BCUT2D eigenvalue weighted by molar-refractivity contribution is -0.218. The number of hydrogen-bond donors (Lipinski definition) is 2. The molecule has 9 rings (SSSR count). The van der Waals surface area contributed by atoms with Crippen molar-refractivity contribution in [2.24, 2.45) is 4.40 Å². The molecule has 28 heteroatoms. The molecule has 3 aliphatic heterocycles. The first-order chi connectivity index (χ1) is 54.7. The van der Waals surface area contributed by atoms with E-state index in [0.717, 1.165) is 131 Å². The number of hydrogen-bond acceptors (Lipinski definition) is 17. The Labute approximate surface area is 702 Å². The highest BCUT2D eigenvalue weighted by Gasteiger charge is 2.47. The van der Waals surface area contributed by atoms with Crippen LogP contribution in [-0.2, 0) is 82.8 Å². The van der Waals surface area contributed by atoms with Gasteiger partial charge in [-0.2, -0.15) is 4.40 Å². The van der Waals surface area contributed by atoms with E-state index in [1.807, 2.05) is 79.7 Å². The van der Waals surface area contributed by atoms with Crippen LogP contribution in [0.15, 0.2) is 148 Å². The Morgan fingerprint density at radius 3 is 1.20 bits per heavy atom. The molecule has 1 saturated carbocycles. The van der Waals surface area contributed by atoms with E-state index in [4.69, 9.17) is 11.5 Å². The van der Waals surface area contributed by atoms with Crippen LogP contribution in [0.2, 0.25) is 0 Å². The van der Waals surface area contributed by atoms with E-state index >= 15 is 0 Å². The van der Waals surface area contributed by atoms with Crippen molar-refractivity contribution in [3.05, 3.63) is 164 Å². The Morgan fingerprint density at radius 2 is 0.809 bits per heavy atom. The largest absolute Gasteiger partial charge is 0.861 e. The standard InChI is InChI=1S/C20H29OS.C15H32N2O3S.2C14H23N2O4S2.2C12H15OS/c1-20(2,22-14-6-7-15-22)19(21)18-12-10-17(11-13-18)16-8-4-3-5-9-16;1-4-5-6-7-8-9-12-15(18)16-21(19,20)14-11-10-13-17(2)3;2*1-2-3-4-5-6-7-12-21(17,18)16-22(19,20)14-10-8-13(15)9-11-14;2*13-12(10-14-8-4-5-9-14)11-6-2-1-3-7-11/h10-13,16H,3-9,14-15H2,1-2H3;4-14H2,1-3H3,(H,16,18);2*8-11H,2-7,12,15H2,1H3;2*1-3,6-7H,4-5,8-10H2/q+1;;2*-1;2*+1/p-1. The molecule has 20 nitrogen and oxygen atoms in total. The molecule has 0 amide bonds. The molecule has 0 aromatic heterocycles. The van der Waals surface area contributed by atoms with Crippen molar-refractivity contribution < 1.29 is 61.6 Å². The number of carbonyl (C=O) groups excluding carboxylic acids is 3. The van der Waals surface area contributed by atoms with Gasteiger partial charge in [0.15, 0.2) is 16.3 Å². The number of rotatable bonds is 43. The third-order valence-electron chi connectivity index (χ3n) is 20.2. The van der Waals surface area contributed by atoms with Gasteiger partial charge in [-0.1, -0.05) is 221 Å². The Morgan fingerprint density at radius 1 is 0.443 bits per heavy atom. The van der Waals surface area contributed by atoms with Gasteiger partial charge in [-0.25, -0.2) is 42.1 Å². The number of carbonyl (C=O) groups is 3. The zero-order valence-electron chi connectivity index (χ0n) is 69.8. The van der Waals surface area contributed by atoms with Gasteiger partial charge in [0.1, 0.15) is 54.6 Å². The molecule has 3 heterocycles. The number of nitrogens with two attached hydrogens (primary N) is 2. The number of ketones is 3. The monoisotopic (exact) mass is 1740 g/mol. The average Bonchev–Trinajstić information content (AvgIpc) is 1.79. The maximum atomic E-state index is 12.9. The van der Waals surface area contributed by atoms with Crippen LogP contribution in [0.25, 0.3) is 8.25 Å². The summed E-state index contributed by atoms with van der Waals surface area (Å²) >= 11 is 0. The van der Waals surface area contributed by atoms with E-state index in [1.165, 1.54) is 179 Å². The summed E-state index contributed by atoms with van der Waals surface area (Å²) in [6.45, 7) is 11.5. The summed E-state index contributed by atoms with van der Waals surface area (Å²) in [4.78, 5) is 38.2. The lowest BCUT2D eigenvalue weighted by Gasteiger charge is -2.23. The summed E-state index contributed by atoms with van der Waals surface area (Å²) in [6.07, 6.45) is 33.6. The molecule has 0 unspecified atom stereocenters. The molecule has 1 aliphatic carbocycles. The Balaban J connectivity index is 0.000000293. The minimum absolute atomic E-state index is 0.0247. The molecular weight excluding hydrogens is 1610 g/mol. The van der Waals surface area contributed by atoms with E-state index in [1.54, 1.807) is 0 Å². The van der Waals surface area contributed by atoms with E-state index in [0.29, 0.717) is 69.8 Å². The number of anilines is 2. The summed E-state index contributed by atoms with van der Waals surface area (Å²) in [5.74, 6) is 9.91. The van der Waals surface area contributed by atoms with Gasteiger partial charge in [0, 0.05) is 60.3 Å². The zero-order chi connectivity index (χ0) is 84.6. The molecule has 0 bridgehead atoms. The normalized spacial score (nSPS) is 15.4. The topological polar surface area (TPSA) is 341 Å². The van der Waals surface area contributed by atoms with Gasteiger partial charge in [-0.15, -0.1) is 0 Å². The van der Waals surface area contributed by atoms with Gasteiger partial charge >= 0.3 is 0 Å². The fourth-order valence-electron chi connectivity index (χ4n) is 13.4. The fraction of sp³-hybridized carbons (Fsp3) is 0.609. The molecule has 0 radical (unpaired) electrons. The molecule has 4 aliphatic rings. The maximum Gasteiger partial charge on any atom is 0.252 e. The molecule has 115 heavy (non-hydrogen) atoms.